The number of hydrogen-bond acceptors (Lipinski definition) is 3. The van der Waals surface area contributed by atoms with Crippen LogP contribution in [0, 0.1) is 0 Å². The van der Waals surface area contributed by atoms with Crippen LogP contribution in [-0.4, -0.2) is 35.7 Å². The molecule has 0 atom stereocenters. The Morgan fingerprint density at radius 1 is 1.38 bits per heavy atom. The minimum absolute atomic E-state index is 0.180. The first kappa shape index (κ1) is 13.3. The fourth-order valence-corrected chi connectivity index (χ4v) is 2.35. The van der Waals surface area contributed by atoms with Crippen LogP contribution in [0.1, 0.15) is 46.5 Å². The fourth-order valence-electron chi connectivity index (χ4n) is 2.35. The van der Waals surface area contributed by atoms with Crippen LogP contribution >= 0.6 is 0 Å². The van der Waals surface area contributed by atoms with Crippen molar-refractivity contribution in [1.82, 2.24) is 4.90 Å². The van der Waals surface area contributed by atoms with E-state index in [2.05, 4.69) is 20.8 Å². The maximum absolute atomic E-state index is 12.0. The first-order valence-electron chi connectivity index (χ1n) is 6.13. The highest BCUT2D eigenvalue weighted by Crippen LogP contribution is 2.29. The molecular weight excluding hydrogens is 204 g/mol. The highest BCUT2D eigenvalue weighted by Gasteiger charge is 2.35. The molecule has 0 bridgehead atoms. The topological polar surface area (TPSA) is 55.6 Å². The van der Waals surface area contributed by atoms with E-state index in [0.29, 0.717) is 19.2 Å². The Hall–Kier alpha value is -0.770. The van der Waals surface area contributed by atoms with Gasteiger partial charge in [-0.2, -0.15) is 0 Å². The van der Waals surface area contributed by atoms with Crippen LogP contribution in [0.5, 0.6) is 0 Å². The number of amides is 1. The maximum atomic E-state index is 12.0. The third-order valence-electron chi connectivity index (χ3n) is 2.95. The zero-order chi connectivity index (χ0) is 12.2. The Morgan fingerprint density at radius 3 is 2.38 bits per heavy atom. The Balaban J connectivity index is 2.66. The van der Waals surface area contributed by atoms with Gasteiger partial charge in [-0.3, -0.25) is 0 Å². The van der Waals surface area contributed by atoms with Crippen LogP contribution in [0.25, 0.3) is 0 Å². The summed E-state index contributed by atoms with van der Waals surface area (Å²) in [6, 6.07) is 0.338. The van der Waals surface area contributed by atoms with Gasteiger partial charge in [-0.15, -0.1) is 0 Å². The summed E-state index contributed by atoms with van der Waals surface area (Å²) in [5.41, 5.74) is 5.16. The van der Waals surface area contributed by atoms with E-state index in [4.69, 9.17) is 10.5 Å². The number of nitrogens with two attached hydrogens (primary N) is 1. The van der Waals surface area contributed by atoms with Crippen molar-refractivity contribution in [3.05, 3.63) is 0 Å². The molecule has 16 heavy (non-hydrogen) atoms. The normalized spacial score (nSPS) is 17.5. The summed E-state index contributed by atoms with van der Waals surface area (Å²) < 4.78 is 5.15. The molecule has 4 nitrogen and oxygen atoms in total. The monoisotopic (exact) mass is 228 g/mol. The van der Waals surface area contributed by atoms with E-state index >= 15 is 0 Å². The largest absolute Gasteiger partial charge is 0.448 e. The van der Waals surface area contributed by atoms with Crippen molar-refractivity contribution in [3.8, 4) is 0 Å². The van der Waals surface area contributed by atoms with Crippen molar-refractivity contribution in [1.29, 1.82) is 0 Å². The summed E-state index contributed by atoms with van der Waals surface area (Å²) in [6.45, 7) is 6.84. The molecule has 0 aromatic rings. The Kier molecular flexibility index (Phi) is 4.59. The van der Waals surface area contributed by atoms with Crippen molar-refractivity contribution < 1.29 is 9.53 Å². The van der Waals surface area contributed by atoms with Crippen LogP contribution in [0.4, 0.5) is 4.79 Å². The summed E-state index contributed by atoms with van der Waals surface area (Å²) in [5, 5.41) is 0. The second-order valence-corrected chi connectivity index (χ2v) is 5.38. The Labute approximate surface area is 98.1 Å². The number of nitrogens with zero attached hydrogens (tertiary/aromatic N) is 1. The second kappa shape index (κ2) is 5.53. The van der Waals surface area contributed by atoms with Crippen molar-refractivity contribution >= 4 is 6.09 Å². The molecule has 4 heteroatoms. The summed E-state index contributed by atoms with van der Waals surface area (Å²) in [4.78, 5) is 13.9. The lowest BCUT2D eigenvalue weighted by Crippen LogP contribution is -2.51. The average molecular weight is 228 g/mol. The average Bonchev–Trinajstić information content (AvgIpc) is 2.65. The lowest BCUT2D eigenvalue weighted by Gasteiger charge is -2.39. The van der Waals surface area contributed by atoms with E-state index in [-0.39, 0.29) is 11.6 Å². The number of rotatable bonds is 3. The number of ether oxygens (including phenoxy) is 1. The summed E-state index contributed by atoms with van der Waals surface area (Å²) >= 11 is 0. The van der Waals surface area contributed by atoms with E-state index in [1.165, 1.54) is 12.8 Å². The molecule has 0 unspecified atom stereocenters. The second-order valence-electron chi connectivity index (χ2n) is 5.38. The third kappa shape index (κ3) is 3.37. The van der Waals surface area contributed by atoms with Crippen molar-refractivity contribution in [2.75, 3.05) is 13.2 Å². The highest BCUT2D eigenvalue weighted by molar-refractivity contribution is 5.69. The smallest absolute Gasteiger partial charge is 0.410 e. The maximum Gasteiger partial charge on any atom is 0.410 e. The van der Waals surface area contributed by atoms with Crippen molar-refractivity contribution in [3.63, 3.8) is 0 Å². The molecule has 2 N–H and O–H groups in total. The lowest BCUT2D eigenvalue weighted by molar-refractivity contribution is 0.0469. The van der Waals surface area contributed by atoms with Gasteiger partial charge in [0, 0.05) is 18.1 Å². The van der Waals surface area contributed by atoms with Gasteiger partial charge < -0.3 is 15.4 Å². The minimum atomic E-state index is -0.218. The zero-order valence-corrected chi connectivity index (χ0v) is 10.7. The first-order valence-corrected chi connectivity index (χ1v) is 6.13. The molecule has 1 rings (SSSR count). The molecule has 1 aliphatic rings. The van der Waals surface area contributed by atoms with Crippen molar-refractivity contribution in [2.24, 2.45) is 5.73 Å². The molecule has 94 valence electrons. The van der Waals surface area contributed by atoms with Gasteiger partial charge >= 0.3 is 6.09 Å². The van der Waals surface area contributed by atoms with Gasteiger partial charge in [-0.25, -0.2) is 4.79 Å². The predicted molar refractivity (Wildman–Crippen MR) is 64.3 cm³/mol. The van der Waals surface area contributed by atoms with E-state index in [9.17, 15) is 4.79 Å². The fraction of sp³-hybridized carbons (Fsp3) is 0.917. The molecule has 1 fully saturated rings. The van der Waals surface area contributed by atoms with Gasteiger partial charge in [-0.1, -0.05) is 12.8 Å². The Morgan fingerprint density at radius 2 is 1.94 bits per heavy atom. The zero-order valence-electron chi connectivity index (χ0n) is 10.7. The minimum Gasteiger partial charge on any atom is -0.448 e. The van der Waals surface area contributed by atoms with E-state index in [0.717, 1.165) is 12.8 Å². The van der Waals surface area contributed by atoms with E-state index in [1.54, 1.807) is 0 Å². The van der Waals surface area contributed by atoms with Gasteiger partial charge in [0.25, 0.3) is 0 Å². The quantitative estimate of drug-likeness (QED) is 0.805. The van der Waals surface area contributed by atoms with Crippen LogP contribution < -0.4 is 5.73 Å². The van der Waals surface area contributed by atoms with Crippen LogP contribution in [0.3, 0.4) is 0 Å². The lowest BCUT2D eigenvalue weighted by atomic mass is 10.0. The predicted octanol–water partition coefficient (Wildman–Crippen LogP) is 2.12. The summed E-state index contributed by atoms with van der Waals surface area (Å²) in [7, 11) is 0. The van der Waals surface area contributed by atoms with Crippen LogP contribution in [0.15, 0.2) is 0 Å². The Bertz CT molecular complexity index is 230. The molecule has 0 aromatic carbocycles. The van der Waals surface area contributed by atoms with Gasteiger partial charge in [0.1, 0.15) is 6.61 Å². The summed E-state index contributed by atoms with van der Waals surface area (Å²) in [6.07, 6.45) is 4.39. The van der Waals surface area contributed by atoms with Gasteiger partial charge in [0.2, 0.25) is 0 Å². The number of hydrogen-bond donors (Lipinski definition) is 1. The van der Waals surface area contributed by atoms with Crippen LogP contribution in [0.2, 0.25) is 0 Å². The van der Waals surface area contributed by atoms with E-state index < -0.39 is 0 Å². The molecule has 0 aliphatic heterocycles. The number of carbonyl (C=O) groups is 1. The molecular formula is C12H24N2O2. The molecule has 1 aliphatic carbocycles. The molecule has 1 amide bonds. The molecule has 1 saturated carbocycles. The molecule has 0 radical (unpaired) electrons. The van der Waals surface area contributed by atoms with Crippen molar-refractivity contribution in [2.45, 2.75) is 58.0 Å². The van der Waals surface area contributed by atoms with E-state index in [1.807, 2.05) is 4.90 Å². The van der Waals surface area contributed by atoms with Crippen LogP contribution in [-0.2, 0) is 4.74 Å². The highest BCUT2D eigenvalue weighted by atomic mass is 16.6. The number of carbonyl (C=O) groups excluding carboxylic acids is 1. The molecule has 0 saturated heterocycles. The molecule has 0 heterocycles. The summed E-state index contributed by atoms with van der Waals surface area (Å²) in [5.74, 6) is 0. The third-order valence-corrected chi connectivity index (χ3v) is 2.95. The SMILES string of the molecule is CC(C)(C)N(C(=O)OCCN)C1CCCC1. The van der Waals surface area contributed by atoms with Gasteiger partial charge in [-0.05, 0) is 33.6 Å². The first-order chi connectivity index (χ1) is 7.46. The van der Waals surface area contributed by atoms with Gasteiger partial charge in [0.15, 0.2) is 0 Å². The molecule has 0 spiro atoms. The standard InChI is InChI=1S/C12H24N2O2/c1-12(2,3)14(10-6-4-5-7-10)11(15)16-9-8-13/h10H,4-9,13H2,1-3H3. The van der Waals surface area contributed by atoms with Gasteiger partial charge in [0.05, 0.1) is 0 Å². The molecule has 0 aromatic heterocycles.